The number of aromatic nitrogens is 1. The van der Waals surface area contributed by atoms with Gasteiger partial charge in [-0.1, -0.05) is 24.3 Å². The molecule has 22 heavy (non-hydrogen) atoms. The Morgan fingerprint density at radius 3 is 2.45 bits per heavy atom. The number of hydrogen-bond acceptors (Lipinski definition) is 2. The molecule has 1 aromatic carbocycles. The van der Waals surface area contributed by atoms with Crippen molar-refractivity contribution >= 4 is 11.7 Å². The first-order valence-corrected chi connectivity index (χ1v) is 7.35. The molecule has 2 N–H and O–H groups in total. The van der Waals surface area contributed by atoms with Gasteiger partial charge >= 0.3 is 6.03 Å². The molecule has 0 saturated carbocycles. The minimum atomic E-state index is -0.329. The molecule has 2 amide bonds. The number of anilines is 1. The van der Waals surface area contributed by atoms with Gasteiger partial charge in [0.1, 0.15) is 5.69 Å². The number of rotatable bonds is 2. The molecule has 1 aliphatic carbocycles. The summed E-state index contributed by atoms with van der Waals surface area (Å²) < 4.78 is 1.45. The molecule has 0 fully saturated rings. The largest absolute Gasteiger partial charge is 0.334 e. The number of carbonyl (C=O) groups is 1. The Hall–Kier alpha value is -2.56. The van der Waals surface area contributed by atoms with Crippen molar-refractivity contribution in [1.82, 2.24) is 9.88 Å². The van der Waals surface area contributed by atoms with Crippen LogP contribution in [0.1, 0.15) is 16.7 Å². The van der Waals surface area contributed by atoms with Crippen molar-refractivity contribution in [3.63, 3.8) is 0 Å². The predicted molar refractivity (Wildman–Crippen MR) is 86.2 cm³/mol. The Morgan fingerprint density at radius 1 is 1.18 bits per heavy atom. The van der Waals surface area contributed by atoms with Gasteiger partial charge in [-0.2, -0.15) is 0 Å². The SMILES string of the molecule is Cc1ccn(C)c(=O)c1NC(=O)NC1Cc2ccccc2C1. The second-order valence-corrected chi connectivity index (χ2v) is 5.76. The molecule has 5 heteroatoms. The highest BCUT2D eigenvalue weighted by Gasteiger charge is 2.22. The van der Waals surface area contributed by atoms with Gasteiger partial charge < -0.3 is 15.2 Å². The van der Waals surface area contributed by atoms with Crippen LogP contribution in [0.4, 0.5) is 10.5 Å². The molecule has 2 aromatic rings. The fraction of sp³-hybridized carbons (Fsp3) is 0.294. The summed E-state index contributed by atoms with van der Waals surface area (Å²) in [6.45, 7) is 1.81. The molecular formula is C17H19N3O2. The highest BCUT2D eigenvalue weighted by molar-refractivity contribution is 5.90. The van der Waals surface area contributed by atoms with Crippen molar-refractivity contribution in [2.75, 3.05) is 5.32 Å². The first-order chi connectivity index (χ1) is 10.5. The highest BCUT2D eigenvalue weighted by Crippen LogP contribution is 2.21. The average molecular weight is 297 g/mol. The van der Waals surface area contributed by atoms with Gasteiger partial charge in [-0.05, 0) is 42.5 Å². The maximum atomic E-state index is 12.2. The minimum Gasteiger partial charge on any atom is -0.334 e. The maximum Gasteiger partial charge on any atom is 0.319 e. The molecule has 1 aromatic heterocycles. The summed E-state index contributed by atoms with van der Waals surface area (Å²) in [7, 11) is 1.67. The zero-order valence-corrected chi connectivity index (χ0v) is 12.7. The second kappa shape index (κ2) is 5.67. The smallest absolute Gasteiger partial charge is 0.319 e. The molecule has 114 valence electrons. The summed E-state index contributed by atoms with van der Waals surface area (Å²) in [6.07, 6.45) is 3.35. The molecule has 0 unspecified atom stereocenters. The van der Waals surface area contributed by atoms with E-state index in [0.717, 1.165) is 18.4 Å². The van der Waals surface area contributed by atoms with Crippen molar-refractivity contribution in [1.29, 1.82) is 0 Å². The maximum absolute atomic E-state index is 12.2. The molecule has 0 atom stereocenters. The van der Waals surface area contributed by atoms with Crippen LogP contribution in [0, 0.1) is 6.92 Å². The van der Waals surface area contributed by atoms with Crippen LogP contribution in [0.5, 0.6) is 0 Å². The monoisotopic (exact) mass is 297 g/mol. The normalized spacial score (nSPS) is 13.7. The van der Waals surface area contributed by atoms with Crippen LogP contribution in [0.15, 0.2) is 41.3 Å². The van der Waals surface area contributed by atoms with Crippen LogP contribution in [0.3, 0.4) is 0 Å². The van der Waals surface area contributed by atoms with Gasteiger partial charge in [-0.3, -0.25) is 4.79 Å². The van der Waals surface area contributed by atoms with Crippen molar-refractivity contribution in [3.05, 3.63) is 63.6 Å². The van der Waals surface area contributed by atoms with Crippen LogP contribution < -0.4 is 16.2 Å². The lowest BCUT2D eigenvalue weighted by Gasteiger charge is -2.14. The van der Waals surface area contributed by atoms with Crippen LogP contribution in [-0.4, -0.2) is 16.6 Å². The Kier molecular flexibility index (Phi) is 3.71. The van der Waals surface area contributed by atoms with E-state index >= 15 is 0 Å². The second-order valence-electron chi connectivity index (χ2n) is 5.76. The lowest BCUT2D eigenvalue weighted by atomic mass is 10.1. The van der Waals surface area contributed by atoms with E-state index in [0.29, 0.717) is 5.69 Å². The minimum absolute atomic E-state index is 0.0743. The molecule has 1 heterocycles. The number of carbonyl (C=O) groups excluding carboxylic acids is 1. The molecule has 0 radical (unpaired) electrons. The lowest BCUT2D eigenvalue weighted by Crippen LogP contribution is -2.40. The number of urea groups is 1. The number of pyridine rings is 1. The zero-order chi connectivity index (χ0) is 15.7. The van der Waals surface area contributed by atoms with Crippen molar-refractivity contribution in [2.45, 2.75) is 25.8 Å². The van der Waals surface area contributed by atoms with E-state index in [1.54, 1.807) is 13.2 Å². The topological polar surface area (TPSA) is 63.1 Å². The number of fused-ring (bicyclic) bond motifs is 1. The third kappa shape index (κ3) is 2.74. The summed E-state index contributed by atoms with van der Waals surface area (Å²) in [4.78, 5) is 24.2. The van der Waals surface area contributed by atoms with Gasteiger partial charge in [0.25, 0.3) is 5.56 Å². The van der Waals surface area contributed by atoms with E-state index in [1.807, 2.05) is 25.1 Å². The van der Waals surface area contributed by atoms with E-state index in [2.05, 4.69) is 22.8 Å². The summed E-state index contributed by atoms with van der Waals surface area (Å²) in [6, 6.07) is 9.76. The number of aryl methyl sites for hydroxylation is 2. The standard InChI is InChI=1S/C17H19N3O2/c1-11-7-8-20(2)16(21)15(11)19-17(22)18-14-9-12-5-3-4-6-13(12)10-14/h3-8,14H,9-10H2,1-2H3,(H2,18,19,22). The van der Waals surface area contributed by atoms with Crippen LogP contribution in [0.2, 0.25) is 0 Å². The van der Waals surface area contributed by atoms with Gasteiger partial charge in [0.05, 0.1) is 0 Å². The Morgan fingerprint density at radius 2 is 1.82 bits per heavy atom. The molecule has 5 nitrogen and oxygen atoms in total. The molecular weight excluding hydrogens is 278 g/mol. The number of nitrogens with one attached hydrogen (secondary N) is 2. The third-order valence-corrected chi connectivity index (χ3v) is 4.10. The fourth-order valence-corrected chi connectivity index (χ4v) is 2.87. The predicted octanol–water partition coefficient (Wildman–Crippen LogP) is 1.98. The molecule has 0 saturated heterocycles. The number of benzene rings is 1. The summed E-state index contributed by atoms with van der Waals surface area (Å²) in [5.74, 6) is 0. The van der Waals surface area contributed by atoms with Gasteiger partial charge in [0.15, 0.2) is 0 Å². The quantitative estimate of drug-likeness (QED) is 0.890. The molecule has 1 aliphatic rings. The van der Waals surface area contributed by atoms with E-state index < -0.39 is 0 Å². The van der Waals surface area contributed by atoms with Crippen molar-refractivity contribution in [3.8, 4) is 0 Å². The summed E-state index contributed by atoms with van der Waals surface area (Å²) in [5.41, 5.74) is 3.44. The highest BCUT2D eigenvalue weighted by atomic mass is 16.2. The van der Waals surface area contributed by atoms with Gasteiger partial charge in [0, 0.05) is 19.3 Å². The third-order valence-electron chi connectivity index (χ3n) is 4.10. The average Bonchev–Trinajstić information content (AvgIpc) is 2.89. The fourth-order valence-electron chi connectivity index (χ4n) is 2.87. The Balaban J connectivity index is 1.68. The summed E-state index contributed by atoms with van der Waals surface area (Å²) in [5, 5.41) is 5.64. The zero-order valence-electron chi connectivity index (χ0n) is 12.7. The number of nitrogens with zero attached hydrogens (tertiary/aromatic N) is 1. The Bertz CT molecular complexity index is 755. The number of hydrogen-bond donors (Lipinski definition) is 2. The van der Waals surface area contributed by atoms with E-state index in [-0.39, 0.29) is 17.6 Å². The van der Waals surface area contributed by atoms with Crippen molar-refractivity contribution < 1.29 is 4.79 Å². The molecule has 0 bridgehead atoms. The van der Waals surface area contributed by atoms with Crippen LogP contribution >= 0.6 is 0 Å². The van der Waals surface area contributed by atoms with Gasteiger partial charge in [0.2, 0.25) is 0 Å². The van der Waals surface area contributed by atoms with Gasteiger partial charge in [-0.25, -0.2) is 4.79 Å². The van der Waals surface area contributed by atoms with Gasteiger partial charge in [-0.15, -0.1) is 0 Å². The van der Waals surface area contributed by atoms with E-state index in [9.17, 15) is 9.59 Å². The van der Waals surface area contributed by atoms with E-state index in [4.69, 9.17) is 0 Å². The Labute approximate surface area is 129 Å². The van der Waals surface area contributed by atoms with Crippen LogP contribution in [-0.2, 0) is 19.9 Å². The molecule has 3 rings (SSSR count). The first-order valence-electron chi connectivity index (χ1n) is 7.35. The summed E-state index contributed by atoms with van der Waals surface area (Å²) >= 11 is 0. The lowest BCUT2D eigenvalue weighted by molar-refractivity contribution is 0.248. The molecule has 0 spiro atoms. The van der Waals surface area contributed by atoms with E-state index in [1.165, 1.54) is 15.7 Å². The van der Waals surface area contributed by atoms with Crippen molar-refractivity contribution in [2.24, 2.45) is 7.05 Å². The van der Waals surface area contributed by atoms with Crippen LogP contribution in [0.25, 0.3) is 0 Å². The first kappa shape index (κ1) is 14.4. The molecule has 0 aliphatic heterocycles. The number of amides is 2.